The van der Waals surface area contributed by atoms with Crippen LogP contribution >= 0.6 is 11.8 Å². The molecule has 0 saturated carbocycles. The van der Waals surface area contributed by atoms with Crippen LogP contribution in [0.4, 0.5) is 4.39 Å². The summed E-state index contributed by atoms with van der Waals surface area (Å²) in [5.41, 5.74) is 0. The van der Waals surface area contributed by atoms with Crippen LogP contribution in [-0.4, -0.2) is 40.9 Å². The molecule has 1 fully saturated rings. The second kappa shape index (κ2) is 6.20. The van der Waals surface area contributed by atoms with Gasteiger partial charge in [-0.3, -0.25) is 4.79 Å². The molecular formula is C13H16FNO2S. The number of likely N-dealkylation sites (tertiary alicyclic amines) is 1. The van der Waals surface area contributed by atoms with Crippen LogP contribution in [-0.2, 0) is 4.79 Å². The number of amides is 1. The fourth-order valence-corrected chi connectivity index (χ4v) is 2.82. The minimum Gasteiger partial charge on any atom is -0.391 e. The number of β-amino-alcohol motifs (C(OH)–C–C–N with tert-alkyl or cyclic N) is 1. The lowest BCUT2D eigenvalue weighted by Crippen LogP contribution is -2.42. The number of hydrogen-bond acceptors (Lipinski definition) is 3. The lowest BCUT2D eigenvalue weighted by molar-refractivity contribution is -0.131. The van der Waals surface area contributed by atoms with Gasteiger partial charge in [-0.05, 0) is 25.0 Å². The second-order valence-electron chi connectivity index (χ2n) is 4.35. The van der Waals surface area contributed by atoms with E-state index in [2.05, 4.69) is 0 Å². The second-order valence-corrected chi connectivity index (χ2v) is 5.37. The molecule has 5 heteroatoms. The van der Waals surface area contributed by atoms with E-state index in [9.17, 15) is 14.3 Å². The summed E-state index contributed by atoms with van der Waals surface area (Å²) in [6.45, 7) is 1.09. The molecule has 0 radical (unpaired) electrons. The number of carbonyl (C=O) groups is 1. The number of piperidine rings is 1. The number of carbonyl (C=O) groups excluding carboxylic acids is 1. The molecule has 1 saturated heterocycles. The predicted octanol–water partition coefficient (Wildman–Crippen LogP) is 1.90. The molecule has 3 nitrogen and oxygen atoms in total. The van der Waals surface area contributed by atoms with Crippen molar-refractivity contribution in [3.8, 4) is 0 Å². The van der Waals surface area contributed by atoms with Crippen molar-refractivity contribution in [2.24, 2.45) is 0 Å². The number of hydrogen-bond donors (Lipinski definition) is 1. The Balaban J connectivity index is 1.86. The van der Waals surface area contributed by atoms with Crippen molar-refractivity contribution in [2.75, 3.05) is 18.8 Å². The van der Waals surface area contributed by atoms with Crippen molar-refractivity contribution in [3.63, 3.8) is 0 Å². The van der Waals surface area contributed by atoms with E-state index in [1.54, 1.807) is 23.1 Å². The van der Waals surface area contributed by atoms with E-state index in [0.717, 1.165) is 12.8 Å². The van der Waals surface area contributed by atoms with Crippen molar-refractivity contribution >= 4 is 17.7 Å². The zero-order valence-corrected chi connectivity index (χ0v) is 10.8. The van der Waals surface area contributed by atoms with Gasteiger partial charge in [0, 0.05) is 18.0 Å². The lowest BCUT2D eigenvalue weighted by Gasteiger charge is -2.30. The zero-order valence-electron chi connectivity index (χ0n) is 10.0. The van der Waals surface area contributed by atoms with Gasteiger partial charge in [0.05, 0.1) is 11.9 Å². The molecule has 1 heterocycles. The zero-order chi connectivity index (χ0) is 13.0. The molecule has 1 N–H and O–H groups in total. The SMILES string of the molecule is O=C(CSc1ccccc1F)N1CCCC(O)C1. The van der Waals surface area contributed by atoms with Crippen molar-refractivity contribution in [1.29, 1.82) is 0 Å². The quantitative estimate of drug-likeness (QED) is 0.852. The van der Waals surface area contributed by atoms with Crippen LogP contribution in [0.15, 0.2) is 29.2 Å². The number of aliphatic hydroxyl groups is 1. The van der Waals surface area contributed by atoms with Crippen LogP contribution in [0.3, 0.4) is 0 Å². The third kappa shape index (κ3) is 3.46. The van der Waals surface area contributed by atoms with Gasteiger partial charge in [-0.15, -0.1) is 11.8 Å². The van der Waals surface area contributed by atoms with Gasteiger partial charge < -0.3 is 10.0 Å². The van der Waals surface area contributed by atoms with Gasteiger partial charge in [0.1, 0.15) is 5.82 Å². The van der Waals surface area contributed by atoms with E-state index < -0.39 is 6.10 Å². The highest BCUT2D eigenvalue weighted by atomic mass is 32.2. The van der Waals surface area contributed by atoms with Crippen LogP contribution in [0, 0.1) is 5.82 Å². The van der Waals surface area contributed by atoms with Gasteiger partial charge in [-0.2, -0.15) is 0 Å². The van der Waals surface area contributed by atoms with Crippen molar-refractivity contribution in [2.45, 2.75) is 23.8 Å². The Morgan fingerprint density at radius 2 is 2.28 bits per heavy atom. The molecule has 98 valence electrons. The largest absolute Gasteiger partial charge is 0.391 e. The summed E-state index contributed by atoms with van der Waals surface area (Å²) in [6, 6.07) is 6.43. The Kier molecular flexibility index (Phi) is 4.60. The maximum absolute atomic E-state index is 13.4. The summed E-state index contributed by atoms with van der Waals surface area (Å²) in [5.74, 6) is -0.121. The lowest BCUT2D eigenvalue weighted by atomic mass is 10.1. The summed E-state index contributed by atoms with van der Waals surface area (Å²) in [6.07, 6.45) is 1.17. The van der Waals surface area contributed by atoms with Gasteiger partial charge in [-0.25, -0.2) is 4.39 Å². The molecule has 0 aliphatic carbocycles. The molecule has 1 aliphatic rings. The summed E-state index contributed by atoms with van der Waals surface area (Å²) in [4.78, 5) is 14.0. The molecule has 0 aromatic heterocycles. The molecule has 0 spiro atoms. The summed E-state index contributed by atoms with van der Waals surface area (Å²) in [5, 5.41) is 9.50. The smallest absolute Gasteiger partial charge is 0.233 e. The minimum absolute atomic E-state index is 0.0398. The predicted molar refractivity (Wildman–Crippen MR) is 68.9 cm³/mol. The molecule has 1 aromatic carbocycles. The van der Waals surface area contributed by atoms with Crippen LogP contribution in [0.2, 0.25) is 0 Å². The highest BCUT2D eigenvalue weighted by Gasteiger charge is 2.22. The van der Waals surface area contributed by atoms with Crippen LogP contribution in [0.1, 0.15) is 12.8 Å². The topological polar surface area (TPSA) is 40.5 Å². The molecular weight excluding hydrogens is 253 g/mol. The molecule has 1 amide bonds. The van der Waals surface area contributed by atoms with E-state index in [-0.39, 0.29) is 17.5 Å². The monoisotopic (exact) mass is 269 g/mol. The first-order valence-electron chi connectivity index (χ1n) is 6.00. The van der Waals surface area contributed by atoms with Crippen molar-refractivity contribution < 1.29 is 14.3 Å². The van der Waals surface area contributed by atoms with Crippen molar-refractivity contribution in [3.05, 3.63) is 30.1 Å². The average Bonchev–Trinajstić information content (AvgIpc) is 2.37. The normalized spacial score (nSPS) is 19.9. The Hall–Kier alpha value is -1.07. The van der Waals surface area contributed by atoms with E-state index >= 15 is 0 Å². The van der Waals surface area contributed by atoms with E-state index in [1.807, 2.05) is 0 Å². The Morgan fingerprint density at radius 1 is 1.50 bits per heavy atom. The van der Waals surface area contributed by atoms with Crippen LogP contribution in [0.25, 0.3) is 0 Å². The third-order valence-electron chi connectivity index (χ3n) is 2.94. The minimum atomic E-state index is -0.416. The van der Waals surface area contributed by atoms with Gasteiger partial charge in [0.25, 0.3) is 0 Å². The van der Waals surface area contributed by atoms with Crippen LogP contribution in [0.5, 0.6) is 0 Å². The summed E-state index contributed by atoms with van der Waals surface area (Å²) in [7, 11) is 0. The Bertz CT molecular complexity index is 427. The molecule has 18 heavy (non-hydrogen) atoms. The Labute approximate surface area is 110 Å². The number of rotatable bonds is 3. The molecule has 1 atom stereocenters. The number of halogens is 1. The van der Waals surface area contributed by atoms with E-state index in [4.69, 9.17) is 0 Å². The highest BCUT2D eigenvalue weighted by molar-refractivity contribution is 8.00. The number of aliphatic hydroxyl groups excluding tert-OH is 1. The average molecular weight is 269 g/mol. The van der Waals surface area contributed by atoms with Crippen molar-refractivity contribution in [1.82, 2.24) is 4.90 Å². The first kappa shape index (κ1) is 13.4. The van der Waals surface area contributed by atoms with Gasteiger partial charge in [0.2, 0.25) is 5.91 Å². The van der Waals surface area contributed by atoms with Crippen LogP contribution < -0.4 is 0 Å². The molecule has 1 aliphatic heterocycles. The van der Waals surface area contributed by atoms with E-state index in [1.165, 1.54) is 17.8 Å². The fourth-order valence-electron chi connectivity index (χ4n) is 1.97. The number of benzene rings is 1. The molecule has 1 aromatic rings. The standard InChI is InChI=1S/C13H16FNO2S/c14-11-5-1-2-6-12(11)18-9-13(17)15-7-3-4-10(16)8-15/h1-2,5-6,10,16H,3-4,7-9H2. The summed E-state index contributed by atoms with van der Waals surface area (Å²) < 4.78 is 13.4. The van der Waals surface area contributed by atoms with Gasteiger partial charge >= 0.3 is 0 Å². The molecule has 2 rings (SSSR count). The van der Waals surface area contributed by atoms with E-state index in [0.29, 0.717) is 18.0 Å². The fraction of sp³-hybridized carbons (Fsp3) is 0.462. The third-order valence-corrected chi connectivity index (χ3v) is 3.97. The maximum Gasteiger partial charge on any atom is 0.233 e. The Morgan fingerprint density at radius 3 is 3.00 bits per heavy atom. The van der Waals surface area contributed by atoms with Gasteiger partial charge in [-0.1, -0.05) is 12.1 Å². The number of thioether (sulfide) groups is 1. The molecule has 1 unspecified atom stereocenters. The number of nitrogens with zero attached hydrogens (tertiary/aromatic N) is 1. The first-order chi connectivity index (χ1) is 8.66. The highest BCUT2D eigenvalue weighted by Crippen LogP contribution is 2.22. The van der Waals surface area contributed by atoms with Gasteiger partial charge in [0.15, 0.2) is 0 Å². The first-order valence-corrected chi connectivity index (χ1v) is 6.98. The summed E-state index contributed by atoms with van der Waals surface area (Å²) >= 11 is 1.20. The maximum atomic E-state index is 13.4. The molecule has 0 bridgehead atoms.